The van der Waals surface area contributed by atoms with Crippen LogP contribution >= 0.6 is 11.3 Å². The van der Waals surface area contributed by atoms with Crippen LogP contribution in [0.3, 0.4) is 0 Å². The third-order valence-electron chi connectivity index (χ3n) is 13.7. The van der Waals surface area contributed by atoms with Gasteiger partial charge >= 0.3 is 0 Å². The number of fused-ring (bicyclic) bond motifs is 15. The van der Waals surface area contributed by atoms with Crippen LogP contribution in [0.1, 0.15) is 47.2 Å². The van der Waals surface area contributed by atoms with E-state index in [-0.39, 0.29) is 5.41 Å². The van der Waals surface area contributed by atoms with Crippen LogP contribution in [0.2, 0.25) is 0 Å². The zero-order chi connectivity index (χ0) is 40.5. The highest BCUT2D eigenvalue weighted by atomic mass is 32.1. The van der Waals surface area contributed by atoms with Gasteiger partial charge in [-0.05, 0) is 116 Å². The van der Waals surface area contributed by atoms with Crippen molar-refractivity contribution in [3.05, 3.63) is 234 Å². The minimum absolute atomic E-state index is 0.153. The summed E-state index contributed by atoms with van der Waals surface area (Å²) >= 11 is 1.87. The number of nitrogens with zero attached hydrogens (tertiary/aromatic N) is 1. The van der Waals surface area contributed by atoms with Gasteiger partial charge in [-0.15, -0.1) is 11.3 Å². The van der Waals surface area contributed by atoms with Gasteiger partial charge in [0.1, 0.15) is 11.5 Å². The van der Waals surface area contributed by atoms with Gasteiger partial charge in [0.15, 0.2) is 0 Å². The summed E-state index contributed by atoms with van der Waals surface area (Å²) in [5.74, 6) is 1.78. The number of para-hydroxylation sites is 1. The number of hydrogen-bond acceptors (Lipinski definition) is 3. The fourth-order valence-electron chi connectivity index (χ4n) is 11.1. The zero-order valence-corrected chi connectivity index (χ0v) is 34.6. The first-order valence-electron chi connectivity index (χ1n) is 21.2. The number of ether oxygens (including phenoxy) is 1. The van der Waals surface area contributed by atoms with Crippen molar-refractivity contribution < 1.29 is 4.74 Å². The molecule has 288 valence electrons. The molecule has 9 aromatic carbocycles. The highest BCUT2D eigenvalue weighted by Crippen LogP contribution is 2.63. The lowest BCUT2D eigenvalue weighted by Crippen LogP contribution is -2.32. The van der Waals surface area contributed by atoms with Gasteiger partial charge < -0.3 is 9.64 Å². The Morgan fingerprint density at radius 2 is 0.934 bits per heavy atom. The molecule has 0 fully saturated rings. The Labute approximate surface area is 359 Å². The highest BCUT2D eigenvalue weighted by molar-refractivity contribution is 7.25. The maximum Gasteiger partial charge on any atom is 0.132 e. The summed E-state index contributed by atoms with van der Waals surface area (Å²) in [6, 6.07) is 74.1. The second-order valence-electron chi connectivity index (χ2n) is 17.2. The van der Waals surface area contributed by atoms with Crippen LogP contribution in [-0.2, 0) is 10.8 Å². The van der Waals surface area contributed by atoms with Gasteiger partial charge in [0.25, 0.3) is 0 Å². The molecule has 0 amide bonds. The van der Waals surface area contributed by atoms with Crippen LogP contribution < -0.4 is 9.64 Å². The molecule has 13 rings (SSSR count). The summed E-state index contributed by atoms with van der Waals surface area (Å²) in [5, 5.41) is 2.62. The molecule has 1 aromatic heterocycles. The zero-order valence-electron chi connectivity index (χ0n) is 33.8. The molecule has 0 saturated heterocycles. The summed E-state index contributed by atoms with van der Waals surface area (Å²) < 4.78 is 9.51. The quantitative estimate of drug-likeness (QED) is 0.176. The Morgan fingerprint density at radius 3 is 1.72 bits per heavy atom. The lowest BCUT2D eigenvalue weighted by Gasteiger charge is -2.40. The minimum Gasteiger partial charge on any atom is -0.457 e. The summed E-state index contributed by atoms with van der Waals surface area (Å²) in [6.07, 6.45) is 0. The van der Waals surface area contributed by atoms with Gasteiger partial charge in [-0.3, -0.25) is 0 Å². The molecule has 2 aliphatic carbocycles. The van der Waals surface area contributed by atoms with E-state index in [1.807, 2.05) is 11.3 Å². The number of benzene rings is 9. The van der Waals surface area contributed by atoms with E-state index in [9.17, 15) is 0 Å². The third kappa shape index (κ3) is 4.73. The van der Waals surface area contributed by atoms with E-state index in [2.05, 4.69) is 219 Å². The van der Waals surface area contributed by atoms with E-state index in [0.29, 0.717) is 0 Å². The summed E-state index contributed by atoms with van der Waals surface area (Å²) in [4.78, 5) is 2.47. The fraction of sp³-hybridized carbons (Fsp3) is 0.0690. The Bertz CT molecular complexity index is 3420. The van der Waals surface area contributed by atoms with E-state index in [1.165, 1.54) is 81.4 Å². The first-order chi connectivity index (χ1) is 30.0. The second-order valence-corrected chi connectivity index (χ2v) is 18.3. The van der Waals surface area contributed by atoms with E-state index < -0.39 is 5.41 Å². The number of rotatable bonds is 4. The Kier molecular flexibility index (Phi) is 7.19. The van der Waals surface area contributed by atoms with E-state index in [1.54, 1.807) is 0 Å². The molecule has 2 nitrogen and oxygen atoms in total. The maximum absolute atomic E-state index is 6.89. The topological polar surface area (TPSA) is 12.5 Å². The normalized spacial score (nSPS) is 14.5. The molecule has 10 aromatic rings. The van der Waals surface area contributed by atoms with Crippen LogP contribution in [-0.4, -0.2) is 0 Å². The SMILES string of the molecule is CC1(C)c2ccccc2-c2ccc(N(c3cccc(-c4cccc5sc6ccccc6c45)c3)c3ccc4c(c3)C3(c5ccccc5O4)c4ccccc4-c4ccccc43)cc21. The third-order valence-corrected chi connectivity index (χ3v) is 14.9. The summed E-state index contributed by atoms with van der Waals surface area (Å²) in [6.45, 7) is 4.73. The smallest absolute Gasteiger partial charge is 0.132 e. The van der Waals surface area contributed by atoms with E-state index >= 15 is 0 Å². The molecule has 3 aliphatic rings. The molecule has 0 unspecified atom stereocenters. The Balaban J connectivity index is 1.07. The monoisotopic (exact) mass is 797 g/mol. The molecule has 0 saturated carbocycles. The fourth-order valence-corrected chi connectivity index (χ4v) is 12.2. The molecule has 0 atom stereocenters. The largest absolute Gasteiger partial charge is 0.457 e. The predicted octanol–water partition coefficient (Wildman–Crippen LogP) is 16.0. The average Bonchev–Trinajstić information content (AvgIpc) is 3.91. The second kappa shape index (κ2) is 12.7. The van der Waals surface area contributed by atoms with Crippen molar-refractivity contribution in [2.24, 2.45) is 0 Å². The highest BCUT2D eigenvalue weighted by Gasteiger charge is 2.51. The number of thiophene rings is 1. The number of anilines is 3. The van der Waals surface area contributed by atoms with Gasteiger partial charge in [-0.25, -0.2) is 0 Å². The average molecular weight is 798 g/mol. The molecule has 61 heavy (non-hydrogen) atoms. The van der Waals surface area contributed by atoms with Crippen molar-refractivity contribution in [1.29, 1.82) is 0 Å². The van der Waals surface area contributed by atoms with Crippen molar-refractivity contribution in [1.82, 2.24) is 0 Å². The van der Waals surface area contributed by atoms with E-state index in [4.69, 9.17) is 4.74 Å². The first-order valence-corrected chi connectivity index (χ1v) is 22.0. The molecule has 0 N–H and O–H groups in total. The van der Waals surface area contributed by atoms with Gasteiger partial charge in [-0.1, -0.05) is 153 Å². The van der Waals surface area contributed by atoms with Crippen LogP contribution in [0.15, 0.2) is 200 Å². The molecule has 1 spiro atoms. The Hall–Kier alpha value is -7.20. The van der Waals surface area contributed by atoms with Crippen molar-refractivity contribution in [3.63, 3.8) is 0 Å². The van der Waals surface area contributed by atoms with Gasteiger partial charge in [0.2, 0.25) is 0 Å². The van der Waals surface area contributed by atoms with Crippen LogP contribution in [0.25, 0.3) is 53.6 Å². The number of hydrogen-bond donors (Lipinski definition) is 0. The summed E-state index contributed by atoms with van der Waals surface area (Å²) in [7, 11) is 0. The van der Waals surface area contributed by atoms with Crippen molar-refractivity contribution >= 4 is 48.6 Å². The molecule has 0 bridgehead atoms. The molecule has 3 heteroatoms. The van der Waals surface area contributed by atoms with Gasteiger partial charge in [0.05, 0.1) is 5.41 Å². The molecule has 1 aliphatic heterocycles. The Morgan fingerprint density at radius 1 is 0.393 bits per heavy atom. The molecular formula is C58H39NOS. The summed E-state index contributed by atoms with van der Waals surface area (Å²) in [5.41, 5.74) is 17.8. The molecule has 0 radical (unpaired) electrons. The predicted molar refractivity (Wildman–Crippen MR) is 254 cm³/mol. The van der Waals surface area contributed by atoms with Gasteiger partial charge in [-0.2, -0.15) is 0 Å². The molecule has 2 heterocycles. The van der Waals surface area contributed by atoms with Crippen molar-refractivity contribution in [2.45, 2.75) is 24.7 Å². The minimum atomic E-state index is -0.571. The van der Waals surface area contributed by atoms with Crippen LogP contribution in [0, 0.1) is 0 Å². The first kappa shape index (κ1) is 34.6. The van der Waals surface area contributed by atoms with Crippen molar-refractivity contribution in [2.75, 3.05) is 4.90 Å². The lowest BCUT2D eigenvalue weighted by molar-refractivity contribution is 0.436. The standard InChI is InChI=1S/C58H39NOS/c1-57(2)46-22-7-3-17-41(46)44-31-29-38(34-50(44)57)59(37-16-13-15-36(33-37)40-21-14-28-55-56(40)45-20-6-12-27-54(45)61-55)39-30-32-53-51(35-39)58(49-25-10-11-26-52(49)60-53)47-23-8-4-18-42(47)43-19-5-9-24-48(43)58/h3-35H,1-2H3. The van der Waals surface area contributed by atoms with Crippen molar-refractivity contribution in [3.8, 4) is 44.9 Å². The van der Waals surface area contributed by atoms with E-state index in [0.717, 1.165) is 34.1 Å². The lowest BCUT2D eigenvalue weighted by atomic mass is 9.66. The van der Waals surface area contributed by atoms with Crippen LogP contribution in [0.5, 0.6) is 11.5 Å². The maximum atomic E-state index is 6.89. The van der Waals surface area contributed by atoms with Crippen LogP contribution in [0.4, 0.5) is 17.1 Å². The van der Waals surface area contributed by atoms with Gasteiger partial charge in [0, 0.05) is 53.8 Å². The molecular weight excluding hydrogens is 759 g/mol.